The first-order chi connectivity index (χ1) is 7.31. The molecule has 1 N–H and O–H groups in total. The Bertz CT molecular complexity index is 227. The zero-order chi connectivity index (χ0) is 10.7. The maximum absolute atomic E-state index is 12.1. The molecule has 2 saturated heterocycles. The fourth-order valence-electron chi connectivity index (χ4n) is 2.45. The van der Waals surface area contributed by atoms with Gasteiger partial charge in [0.2, 0.25) is 5.91 Å². The van der Waals surface area contributed by atoms with E-state index in [1.54, 1.807) is 7.11 Å². The molecule has 4 heteroatoms. The molecule has 0 aromatic carbocycles. The summed E-state index contributed by atoms with van der Waals surface area (Å²) >= 11 is 0. The van der Waals surface area contributed by atoms with Gasteiger partial charge in [-0.05, 0) is 32.4 Å². The summed E-state index contributed by atoms with van der Waals surface area (Å²) in [7, 11) is 1.73. The predicted molar refractivity (Wildman–Crippen MR) is 57.6 cm³/mol. The second-order valence-corrected chi connectivity index (χ2v) is 4.45. The Morgan fingerprint density at radius 2 is 2.07 bits per heavy atom. The van der Waals surface area contributed by atoms with Crippen molar-refractivity contribution in [3.8, 4) is 0 Å². The van der Waals surface area contributed by atoms with Crippen LogP contribution >= 0.6 is 0 Å². The lowest BCUT2D eigenvalue weighted by atomic mass is 9.97. The van der Waals surface area contributed by atoms with Crippen molar-refractivity contribution in [2.24, 2.45) is 5.92 Å². The van der Waals surface area contributed by atoms with Crippen LogP contribution in [0, 0.1) is 5.92 Å². The minimum atomic E-state index is 0.252. The van der Waals surface area contributed by atoms with Crippen LogP contribution in [0.5, 0.6) is 0 Å². The van der Waals surface area contributed by atoms with Gasteiger partial charge < -0.3 is 15.0 Å². The van der Waals surface area contributed by atoms with Gasteiger partial charge in [0.15, 0.2) is 0 Å². The Balaban J connectivity index is 1.85. The van der Waals surface area contributed by atoms with Crippen molar-refractivity contribution in [1.82, 2.24) is 10.2 Å². The molecule has 15 heavy (non-hydrogen) atoms. The molecular weight excluding hydrogens is 192 g/mol. The first-order valence-electron chi connectivity index (χ1n) is 5.83. The van der Waals surface area contributed by atoms with E-state index in [0.29, 0.717) is 5.91 Å². The molecule has 1 amide bonds. The van der Waals surface area contributed by atoms with Gasteiger partial charge >= 0.3 is 0 Å². The van der Waals surface area contributed by atoms with Crippen LogP contribution in [-0.2, 0) is 9.53 Å². The van der Waals surface area contributed by atoms with Crippen LogP contribution in [0.25, 0.3) is 0 Å². The number of methoxy groups -OCH3 is 1. The summed E-state index contributed by atoms with van der Waals surface area (Å²) in [5.74, 6) is 0.595. The highest BCUT2D eigenvalue weighted by Crippen LogP contribution is 2.19. The molecule has 2 aliphatic heterocycles. The smallest absolute Gasteiger partial charge is 0.225 e. The summed E-state index contributed by atoms with van der Waals surface area (Å²) in [6.07, 6.45) is 3.24. The van der Waals surface area contributed by atoms with Gasteiger partial charge in [-0.1, -0.05) is 0 Å². The Hall–Kier alpha value is -0.610. The average Bonchev–Trinajstić information content (AvgIpc) is 2.78. The van der Waals surface area contributed by atoms with Gasteiger partial charge in [0.05, 0.1) is 6.10 Å². The highest BCUT2D eigenvalue weighted by Gasteiger charge is 2.31. The highest BCUT2D eigenvalue weighted by molar-refractivity contribution is 5.79. The molecule has 1 atom stereocenters. The maximum Gasteiger partial charge on any atom is 0.225 e. The third-order valence-electron chi connectivity index (χ3n) is 3.48. The molecule has 86 valence electrons. The van der Waals surface area contributed by atoms with Crippen LogP contribution in [0.2, 0.25) is 0 Å². The quantitative estimate of drug-likeness (QED) is 0.712. The molecule has 0 aliphatic carbocycles. The van der Waals surface area contributed by atoms with E-state index < -0.39 is 0 Å². The zero-order valence-electron chi connectivity index (χ0n) is 9.37. The normalized spacial score (nSPS) is 28.3. The van der Waals surface area contributed by atoms with E-state index in [1.165, 1.54) is 0 Å². The monoisotopic (exact) mass is 212 g/mol. The number of rotatable bonds is 2. The largest absolute Gasteiger partial charge is 0.380 e. The lowest BCUT2D eigenvalue weighted by molar-refractivity contribution is -0.135. The molecule has 2 aliphatic rings. The standard InChI is InChI=1S/C11H20N2O2/c1-15-10-4-7-13(8-10)11(14)9-2-5-12-6-3-9/h9-10,12H,2-8H2,1H3. The SMILES string of the molecule is COC1CCN(C(=O)C2CCNCC2)C1. The van der Waals surface area contributed by atoms with Crippen molar-refractivity contribution in [3.63, 3.8) is 0 Å². The molecular formula is C11H20N2O2. The first kappa shape index (κ1) is 10.9. The molecule has 2 heterocycles. The summed E-state index contributed by atoms with van der Waals surface area (Å²) in [5, 5.41) is 3.28. The minimum Gasteiger partial charge on any atom is -0.380 e. The number of hydrogen-bond acceptors (Lipinski definition) is 3. The number of piperidine rings is 1. The summed E-state index contributed by atoms with van der Waals surface area (Å²) in [4.78, 5) is 14.1. The number of hydrogen-bond donors (Lipinski definition) is 1. The molecule has 0 aromatic rings. The van der Waals surface area contributed by atoms with Crippen molar-refractivity contribution in [1.29, 1.82) is 0 Å². The predicted octanol–water partition coefficient (Wildman–Crippen LogP) is 0.233. The summed E-state index contributed by atoms with van der Waals surface area (Å²) in [5.41, 5.74) is 0. The van der Waals surface area contributed by atoms with Gasteiger partial charge in [0, 0.05) is 26.1 Å². The van der Waals surface area contributed by atoms with Gasteiger partial charge in [-0.2, -0.15) is 0 Å². The van der Waals surface area contributed by atoms with Crippen molar-refractivity contribution in [3.05, 3.63) is 0 Å². The van der Waals surface area contributed by atoms with Gasteiger partial charge in [-0.25, -0.2) is 0 Å². The van der Waals surface area contributed by atoms with E-state index in [1.807, 2.05) is 4.90 Å². The third kappa shape index (κ3) is 2.49. The van der Waals surface area contributed by atoms with Crippen molar-refractivity contribution >= 4 is 5.91 Å². The lowest BCUT2D eigenvalue weighted by Gasteiger charge is -2.26. The molecule has 0 saturated carbocycles. The fourth-order valence-corrected chi connectivity index (χ4v) is 2.45. The summed E-state index contributed by atoms with van der Waals surface area (Å²) < 4.78 is 5.27. The Morgan fingerprint density at radius 3 is 2.67 bits per heavy atom. The molecule has 0 spiro atoms. The summed E-state index contributed by atoms with van der Waals surface area (Å²) in [6, 6.07) is 0. The van der Waals surface area contributed by atoms with E-state index in [9.17, 15) is 4.79 Å². The minimum absolute atomic E-state index is 0.252. The van der Waals surface area contributed by atoms with Crippen LogP contribution in [0.4, 0.5) is 0 Å². The van der Waals surface area contributed by atoms with Gasteiger partial charge in [0.25, 0.3) is 0 Å². The average molecular weight is 212 g/mol. The fraction of sp³-hybridized carbons (Fsp3) is 0.909. The topological polar surface area (TPSA) is 41.6 Å². The van der Waals surface area contributed by atoms with Crippen LogP contribution in [-0.4, -0.2) is 50.2 Å². The number of likely N-dealkylation sites (tertiary alicyclic amines) is 1. The number of nitrogens with zero attached hydrogens (tertiary/aromatic N) is 1. The van der Waals surface area contributed by atoms with Crippen molar-refractivity contribution in [2.75, 3.05) is 33.3 Å². The molecule has 1 unspecified atom stereocenters. The number of ether oxygens (including phenoxy) is 1. The number of nitrogens with one attached hydrogen (secondary N) is 1. The number of amides is 1. The molecule has 2 rings (SSSR count). The Morgan fingerprint density at radius 1 is 1.33 bits per heavy atom. The van der Waals surface area contributed by atoms with Crippen LogP contribution < -0.4 is 5.32 Å². The molecule has 4 nitrogen and oxygen atoms in total. The van der Waals surface area contributed by atoms with Gasteiger partial charge in [-0.15, -0.1) is 0 Å². The Kier molecular flexibility index (Phi) is 3.59. The second kappa shape index (κ2) is 4.94. The Labute approximate surface area is 91.0 Å². The van der Waals surface area contributed by atoms with E-state index in [0.717, 1.165) is 45.4 Å². The molecule has 0 radical (unpaired) electrons. The van der Waals surface area contributed by atoms with Crippen molar-refractivity contribution in [2.45, 2.75) is 25.4 Å². The third-order valence-corrected chi connectivity index (χ3v) is 3.48. The van der Waals surface area contributed by atoms with Gasteiger partial charge in [0.1, 0.15) is 0 Å². The maximum atomic E-state index is 12.1. The van der Waals surface area contributed by atoms with E-state index in [4.69, 9.17) is 4.74 Å². The van der Waals surface area contributed by atoms with E-state index in [2.05, 4.69) is 5.32 Å². The van der Waals surface area contributed by atoms with Gasteiger partial charge in [-0.3, -0.25) is 4.79 Å². The number of carbonyl (C=O) groups excluding carboxylic acids is 1. The van der Waals surface area contributed by atoms with Crippen LogP contribution in [0.3, 0.4) is 0 Å². The highest BCUT2D eigenvalue weighted by atomic mass is 16.5. The second-order valence-electron chi connectivity index (χ2n) is 4.45. The van der Waals surface area contributed by atoms with Crippen molar-refractivity contribution < 1.29 is 9.53 Å². The van der Waals surface area contributed by atoms with E-state index >= 15 is 0 Å². The lowest BCUT2D eigenvalue weighted by Crippen LogP contribution is -2.40. The van der Waals surface area contributed by atoms with Crippen LogP contribution in [0.15, 0.2) is 0 Å². The van der Waals surface area contributed by atoms with Crippen LogP contribution in [0.1, 0.15) is 19.3 Å². The number of carbonyl (C=O) groups is 1. The molecule has 2 fully saturated rings. The zero-order valence-corrected chi connectivity index (χ0v) is 9.37. The molecule has 0 bridgehead atoms. The van der Waals surface area contributed by atoms with E-state index in [-0.39, 0.29) is 12.0 Å². The summed E-state index contributed by atoms with van der Waals surface area (Å²) in [6.45, 7) is 3.64. The molecule has 0 aromatic heterocycles. The first-order valence-corrected chi connectivity index (χ1v) is 5.83.